The summed E-state index contributed by atoms with van der Waals surface area (Å²) in [5.74, 6) is -0.0605. The van der Waals surface area contributed by atoms with E-state index in [1.807, 2.05) is 6.07 Å². The number of hydrogen-bond donors (Lipinski definition) is 2. The molecule has 0 spiro atoms. The van der Waals surface area contributed by atoms with Gasteiger partial charge in [-0.3, -0.25) is 4.79 Å². The molecule has 1 rings (SSSR count). The van der Waals surface area contributed by atoms with E-state index >= 15 is 0 Å². The molecule has 0 aliphatic heterocycles. The molecule has 0 saturated carbocycles. The summed E-state index contributed by atoms with van der Waals surface area (Å²) in [4.78, 5) is 15.6. The zero-order valence-electron chi connectivity index (χ0n) is 12.8. The summed E-state index contributed by atoms with van der Waals surface area (Å²) in [7, 11) is 3.43. The quantitative estimate of drug-likeness (QED) is 0.776. The summed E-state index contributed by atoms with van der Waals surface area (Å²) in [6.07, 6.45) is 0.690. The van der Waals surface area contributed by atoms with Crippen molar-refractivity contribution >= 4 is 17.3 Å². The second kappa shape index (κ2) is 7.14. The van der Waals surface area contributed by atoms with Crippen LogP contribution >= 0.6 is 0 Å². The molecule has 0 bridgehead atoms. The third-order valence-corrected chi connectivity index (χ3v) is 3.17. The molecular formula is C15H25N3O2. The fourth-order valence-corrected chi connectivity index (χ4v) is 2.11. The average Bonchev–Trinajstić information content (AvgIpc) is 2.39. The van der Waals surface area contributed by atoms with E-state index in [4.69, 9.17) is 10.8 Å². The van der Waals surface area contributed by atoms with Crippen molar-refractivity contribution in [2.45, 2.75) is 26.3 Å². The molecule has 20 heavy (non-hydrogen) atoms. The number of hydrogen-bond acceptors (Lipinski definition) is 4. The molecule has 5 nitrogen and oxygen atoms in total. The molecule has 1 aromatic carbocycles. The number of anilines is 2. The maximum Gasteiger partial charge on any atom is 0.253 e. The van der Waals surface area contributed by atoms with Crippen molar-refractivity contribution in [3.05, 3.63) is 23.8 Å². The predicted octanol–water partition coefficient (Wildman–Crippen LogP) is 1.57. The number of amides is 1. The van der Waals surface area contributed by atoms with Gasteiger partial charge in [0, 0.05) is 38.9 Å². The lowest BCUT2D eigenvalue weighted by Gasteiger charge is -2.30. The highest BCUT2D eigenvalue weighted by atomic mass is 16.3. The zero-order valence-corrected chi connectivity index (χ0v) is 12.8. The minimum atomic E-state index is -0.0605. The van der Waals surface area contributed by atoms with Gasteiger partial charge in [0.05, 0.1) is 11.4 Å². The molecule has 5 heteroatoms. The normalized spacial score (nSPS) is 10.7. The Morgan fingerprint density at radius 1 is 1.35 bits per heavy atom. The van der Waals surface area contributed by atoms with E-state index < -0.39 is 0 Å². The molecule has 0 aromatic heterocycles. The molecule has 112 valence electrons. The molecule has 3 N–H and O–H groups in total. The van der Waals surface area contributed by atoms with Gasteiger partial charge in [0.2, 0.25) is 0 Å². The van der Waals surface area contributed by atoms with E-state index in [2.05, 4.69) is 18.7 Å². The lowest BCUT2D eigenvalue weighted by molar-refractivity contribution is 0.0827. The lowest BCUT2D eigenvalue weighted by atomic mass is 10.1. The summed E-state index contributed by atoms with van der Waals surface area (Å²) in [5.41, 5.74) is 8.17. The predicted molar refractivity (Wildman–Crippen MR) is 83.1 cm³/mol. The van der Waals surface area contributed by atoms with Crippen LogP contribution in [0.1, 0.15) is 30.6 Å². The lowest BCUT2D eigenvalue weighted by Crippen LogP contribution is -2.33. The van der Waals surface area contributed by atoms with Gasteiger partial charge < -0.3 is 20.6 Å². The van der Waals surface area contributed by atoms with Gasteiger partial charge in [0.25, 0.3) is 5.91 Å². The second-order valence-electron chi connectivity index (χ2n) is 5.34. The first-order valence-corrected chi connectivity index (χ1v) is 6.87. The minimum absolute atomic E-state index is 0.0605. The highest BCUT2D eigenvalue weighted by molar-refractivity contribution is 5.95. The summed E-state index contributed by atoms with van der Waals surface area (Å²) in [6, 6.07) is 5.66. The fraction of sp³-hybridized carbons (Fsp3) is 0.533. The molecule has 0 aliphatic carbocycles. The number of rotatable bonds is 6. The van der Waals surface area contributed by atoms with Crippen LogP contribution in [-0.4, -0.2) is 49.2 Å². The first kappa shape index (κ1) is 16.3. The van der Waals surface area contributed by atoms with Crippen molar-refractivity contribution in [2.75, 3.05) is 37.9 Å². The third-order valence-electron chi connectivity index (χ3n) is 3.17. The molecular weight excluding hydrogens is 254 g/mol. The molecule has 0 heterocycles. The Balaban J connectivity index is 3.04. The van der Waals surface area contributed by atoms with Crippen LogP contribution in [-0.2, 0) is 0 Å². The molecule has 0 aliphatic rings. The monoisotopic (exact) mass is 279 g/mol. The van der Waals surface area contributed by atoms with Crippen molar-refractivity contribution < 1.29 is 9.90 Å². The van der Waals surface area contributed by atoms with Crippen molar-refractivity contribution in [1.29, 1.82) is 0 Å². The van der Waals surface area contributed by atoms with E-state index in [-0.39, 0.29) is 18.6 Å². The minimum Gasteiger partial charge on any atom is -0.397 e. The smallest absolute Gasteiger partial charge is 0.253 e. The average molecular weight is 279 g/mol. The van der Waals surface area contributed by atoms with Crippen molar-refractivity contribution in [3.8, 4) is 0 Å². The summed E-state index contributed by atoms with van der Waals surface area (Å²) in [6.45, 7) is 5.05. The molecule has 1 aromatic rings. The van der Waals surface area contributed by atoms with Gasteiger partial charge in [0.1, 0.15) is 0 Å². The molecule has 0 atom stereocenters. The molecule has 1 amide bonds. The van der Waals surface area contributed by atoms with Crippen LogP contribution < -0.4 is 10.6 Å². The number of carbonyl (C=O) groups excluding carboxylic acids is 1. The largest absolute Gasteiger partial charge is 0.397 e. The maximum atomic E-state index is 11.9. The zero-order chi connectivity index (χ0) is 15.3. The van der Waals surface area contributed by atoms with Gasteiger partial charge in [-0.2, -0.15) is 0 Å². The summed E-state index contributed by atoms with van der Waals surface area (Å²) < 4.78 is 0. The van der Waals surface area contributed by atoms with Gasteiger partial charge in [-0.05, 0) is 38.5 Å². The number of benzene rings is 1. The molecule has 0 unspecified atom stereocenters. The number of aliphatic hydroxyl groups is 1. The number of carbonyl (C=O) groups is 1. The van der Waals surface area contributed by atoms with Crippen LogP contribution in [0, 0.1) is 0 Å². The first-order chi connectivity index (χ1) is 9.38. The van der Waals surface area contributed by atoms with Gasteiger partial charge in [-0.15, -0.1) is 0 Å². The summed E-state index contributed by atoms with van der Waals surface area (Å²) >= 11 is 0. The first-order valence-electron chi connectivity index (χ1n) is 6.87. The summed E-state index contributed by atoms with van der Waals surface area (Å²) in [5, 5.41) is 8.98. The molecule has 0 saturated heterocycles. The van der Waals surface area contributed by atoms with Crippen LogP contribution in [0.2, 0.25) is 0 Å². The Kier molecular flexibility index (Phi) is 5.82. The Morgan fingerprint density at radius 3 is 2.45 bits per heavy atom. The van der Waals surface area contributed by atoms with Gasteiger partial charge in [-0.1, -0.05) is 0 Å². The fourth-order valence-electron chi connectivity index (χ4n) is 2.11. The Morgan fingerprint density at radius 2 is 2.00 bits per heavy atom. The van der Waals surface area contributed by atoms with Crippen LogP contribution in [0.15, 0.2) is 18.2 Å². The third kappa shape index (κ3) is 3.87. The Labute approximate surface area is 121 Å². The van der Waals surface area contributed by atoms with Crippen LogP contribution in [0.4, 0.5) is 11.4 Å². The molecule has 0 fully saturated rings. The van der Waals surface area contributed by atoms with Crippen molar-refractivity contribution in [1.82, 2.24) is 4.90 Å². The van der Waals surface area contributed by atoms with Crippen LogP contribution in [0.25, 0.3) is 0 Å². The number of nitrogen functional groups attached to an aromatic ring is 1. The maximum absolute atomic E-state index is 11.9. The van der Waals surface area contributed by atoms with Crippen LogP contribution in [0.5, 0.6) is 0 Å². The SMILES string of the molecule is CC(C)N(CCCO)c1ccc(C(=O)N(C)C)cc1N. The van der Waals surface area contributed by atoms with Crippen LogP contribution in [0.3, 0.4) is 0 Å². The Bertz CT molecular complexity index is 458. The van der Waals surface area contributed by atoms with Crippen molar-refractivity contribution in [2.24, 2.45) is 0 Å². The highest BCUT2D eigenvalue weighted by Gasteiger charge is 2.15. The van der Waals surface area contributed by atoms with E-state index in [0.717, 1.165) is 12.2 Å². The standard InChI is InChI=1S/C15H25N3O2/c1-11(2)18(8-5-9-19)14-7-6-12(10-13(14)16)15(20)17(3)4/h6-7,10-11,19H,5,8-9,16H2,1-4H3. The van der Waals surface area contributed by atoms with Crippen molar-refractivity contribution in [3.63, 3.8) is 0 Å². The van der Waals surface area contributed by atoms with Gasteiger partial charge in [0.15, 0.2) is 0 Å². The Hall–Kier alpha value is -1.75. The molecule has 0 radical (unpaired) electrons. The second-order valence-corrected chi connectivity index (χ2v) is 5.34. The number of nitrogens with zero attached hydrogens (tertiary/aromatic N) is 2. The van der Waals surface area contributed by atoms with Gasteiger partial charge >= 0.3 is 0 Å². The van der Waals surface area contributed by atoms with E-state index in [0.29, 0.717) is 17.7 Å². The number of nitrogens with two attached hydrogens (primary N) is 1. The van der Waals surface area contributed by atoms with E-state index in [1.54, 1.807) is 26.2 Å². The number of aliphatic hydroxyl groups excluding tert-OH is 1. The highest BCUT2D eigenvalue weighted by Crippen LogP contribution is 2.26. The van der Waals surface area contributed by atoms with E-state index in [1.165, 1.54) is 4.90 Å². The van der Waals surface area contributed by atoms with E-state index in [9.17, 15) is 4.79 Å². The topological polar surface area (TPSA) is 69.8 Å². The van der Waals surface area contributed by atoms with Gasteiger partial charge in [-0.25, -0.2) is 0 Å².